The molecule has 1 aromatic heterocycles. The number of hydrogen-bond acceptors (Lipinski definition) is 6. The summed E-state index contributed by atoms with van der Waals surface area (Å²) >= 11 is 0. The second kappa shape index (κ2) is 8.78. The molecule has 0 aromatic carbocycles. The molecule has 0 N–H and O–H groups in total. The second-order valence-electron chi connectivity index (χ2n) is 8.73. The number of nitrogens with zero attached hydrogens (tertiary/aromatic N) is 4. The molecule has 0 saturated carbocycles. The van der Waals surface area contributed by atoms with Crippen molar-refractivity contribution in [3.05, 3.63) is 24.5 Å². The van der Waals surface area contributed by atoms with Crippen LogP contribution in [0.15, 0.2) is 24.5 Å². The molecule has 4 heterocycles. The van der Waals surface area contributed by atoms with Gasteiger partial charge in [0.1, 0.15) is 0 Å². The summed E-state index contributed by atoms with van der Waals surface area (Å²) in [4.78, 5) is 23.4. The molecule has 0 amide bonds. The molecule has 1 spiro atoms. The normalized spacial score (nSPS) is 24.0. The fourth-order valence-electron chi connectivity index (χ4n) is 5.31. The molecule has 3 fully saturated rings. The van der Waals surface area contributed by atoms with Crippen molar-refractivity contribution in [1.82, 2.24) is 14.8 Å². The molecule has 28 heavy (non-hydrogen) atoms. The maximum Gasteiger partial charge on any atom is 0.320 e. The van der Waals surface area contributed by atoms with Crippen molar-refractivity contribution in [2.75, 3.05) is 57.3 Å². The average Bonchev–Trinajstić information content (AvgIpc) is 3.14. The topological polar surface area (TPSA) is 48.9 Å². The summed E-state index contributed by atoms with van der Waals surface area (Å²) < 4.78 is 5.08. The number of rotatable bonds is 5. The first-order valence-corrected chi connectivity index (χ1v) is 10.9. The van der Waals surface area contributed by atoms with E-state index in [1.54, 1.807) is 0 Å². The fourth-order valence-corrected chi connectivity index (χ4v) is 5.31. The highest BCUT2D eigenvalue weighted by molar-refractivity contribution is 5.71. The molecule has 0 atom stereocenters. The lowest BCUT2D eigenvalue weighted by Crippen LogP contribution is -2.50. The maximum atomic E-state index is 11.7. The summed E-state index contributed by atoms with van der Waals surface area (Å²) in [5, 5.41) is 0. The number of ether oxygens (including phenoxy) is 1. The van der Waals surface area contributed by atoms with Crippen LogP contribution in [0.1, 0.15) is 39.0 Å². The quantitative estimate of drug-likeness (QED) is 0.725. The molecule has 3 saturated heterocycles. The van der Waals surface area contributed by atoms with Crippen molar-refractivity contribution in [2.45, 2.75) is 45.1 Å². The zero-order valence-electron chi connectivity index (χ0n) is 17.2. The van der Waals surface area contributed by atoms with Gasteiger partial charge in [-0.2, -0.15) is 0 Å². The monoisotopic (exact) mass is 386 g/mol. The molecular formula is C22H34N4O2. The lowest BCUT2D eigenvalue weighted by molar-refractivity contribution is -0.144. The van der Waals surface area contributed by atoms with Gasteiger partial charge in [0.05, 0.1) is 13.2 Å². The fraction of sp³-hybridized carbons (Fsp3) is 0.727. The molecular weight excluding hydrogens is 352 g/mol. The van der Waals surface area contributed by atoms with Crippen LogP contribution in [0, 0.1) is 5.41 Å². The third-order valence-corrected chi connectivity index (χ3v) is 7.06. The standard InChI is InChI=1S/C22H34N4O2/c1-2-28-21(27)17-24-12-5-20(6-13-24)25-14-7-22(8-15-25)9-16-26(18-22)19-3-10-23-11-4-19/h3-4,10-11,20H,2,5-9,12-18H2,1H3. The van der Waals surface area contributed by atoms with E-state index >= 15 is 0 Å². The van der Waals surface area contributed by atoms with Gasteiger partial charge in [0, 0.05) is 50.3 Å². The highest BCUT2D eigenvalue weighted by atomic mass is 16.5. The van der Waals surface area contributed by atoms with Crippen molar-refractivity contribution in [3.63, 3.8) is 0 Å². The number of likely N-dealkylation sites (tertiary alicyclic amines) is 2. The number of anilines is 1. The summed E-state index contributed by atoms with van der Waals surface area (Å²) in [5.74, 6) is -0.0825. The number of piperidine rings is 2. The van der Waals surface area contributed by atoms with Crippen LogP contribution >= 0.6 is 0 Å². The van der Waals surface area contributed by atoms with Gasteiger partial charge in [-0.05, 0) is 69.7 Å². The third-order valence-electron chi connectivity index (χ3n) is 7.06. The summed E-state index contributed by atoms with van der Waals surface area (Å²) in [6, 6.07) is 4.96. The van der Waals surface area contributed by atoms with Crippen molar-refractivity contribution in [3.8, 4) is 0 Å². The first-order valence-electron chi connectivity index (χ1n) is 10.9. The van der Waals surface area contributed by atoms with Crippen LogP contribution in [0.5, 0.6) is 0 Å². The molecule has 1 aromatic rings. The van der Waals surface area contributed by atoms with E-state index in [1.807, 2.05) is 19.3 Å². The van der Waals surface area contributed by atoms with Crippen LogP contribution < -0.4 is 4.90 Å². The Hall–Kier alpha value is -1.66. The van der Waals surface area contributed by atoms with E-state index in [-0.39, 0.29) is 5.97 Å². The van der Waals surface area contributed by atoms with Crippen LogP contribution in [-0.2, 0) is 9.53 Å². The van der Waals surface area contributed by atoms with E-state index in [4.69, 9.17) is 4.74 Å². The van der Waals surface area contributed by atoms with Crippen LogP contribution in [0.25, 0.3) is 0 Å². The van der Waals surface area contributed by atoms with Gasteiger partial charge in [-0.3, -0.25) is 14.7 Å². The molecule has 3 aliphatic heterocycles. The zero-order chi connectivity index (χ0) is 19.4. The van der Waals surface area contributed by atoms with Crippen LogP contribution in [0.2, 0.25) is 0 Å². The predicted molar refractivity (Wildman–Crippen MR) is 110 cm³/mol. The Kier molecular flexibility index (Phi) is 6.16. The molecule has 0 bridgehead atoms. The molecule has 6 nitrogen and oxygen atoms in total. The van der Waals surface area contributed by atoms with E-state index in [0.29, 0.717) is 24.6 Å². The van der Waals surface area contributed by atoms with Crippen LogP contribution in [-0.4, -0.2) is 79.2 Å². The molecule has 4 rings (SSSR count). The van der Waals surface area contributed by atoms with E-state index < -0.39 is 0 Å². The van der Waals surface area contributed by atoms with Gasteiger partial charge in [0.15, 0.2) is 0 Å². The van der Waals surface area contributed by atoms with Gasteiger partial charge < -0.3 is 14.5 Å². The third kappa shape index (κ3) is 4.49. The summed E-state index contributed by atoms with van der Waals surface area (Å²) in [6.07, 6.45) is 10.1. The second-order valence-corrected chi connectivity index (χ2v) is 8.73. The average molecular weight is 387 g/mol. The number of esters is 1. The Morgan fingerprint density at radius 1 is 1.11 bits per heavy atom. The van der Waals surface area contributed by atoms with Crippen molar-refractivity contribution in [1.29, 1.82) is 0 Å². The minimum absolute atomic E-state index is 0.0825. The zero-order valence-corrected chi connectivity index (χ0v) is 17.2. The number of aromatic nitrogens is 1. The lowest BCUT2D eigenvalue weighted by atomic mass is 9.77. The smallest absolute Gasteiger partial charge is 0.320 e. The molecule has 3 aliphatic rings. The minimum Gasteiger partial charge on any atom is -0.465 e. The predicted octanol–water partition coefficient (Wildman–Crippen LogP) is 2.40. The Bertz CT molecular complexity index is 637. The Morgan fingerprint density at radius 2 is 1.79 bits per heavy atom. The van der Waals surface area contributed by atoms with Crippen molar-refractivity contribution >= 4 is 11.7 Å². The Balaban J connectivity index is 1.23. The Morgan fingerprint density at radius 3 is 2.46 bits per heavy atom. The molecule has 0 aliphatic carbocycles. The summed E-state index contributed by atoms with van der Waals surface area (Å²) in [5.41, 5.74) is 1.83. The largest absolute Gasteiger partial charge is 0.465 e. The molecule has 154 valence electrons. The van der Waals surface area contributed by atoms with Gasteiger partial charge in [0.2, 0.25) is 0 Å². The van der Waals surface area contributed by atoms with Gasteiger partial charge >= 0.3 is 5.97 Å². The van der Waals surface area contributed by atoms with Crippen molar-refractivity contribution < 1.29 is 9.53 Å². The number of carbonyl (C=O) groups is 1. The first kappa shape index (κ1) is 19.6. The van der Waals surface area contributed by atoms with Gasteiger partial charge in [-0.15, -0.1) is 0 Å². The van der Waals surface area contributed by atoms with E-state index in [0.717, 1.165) is 13.1 Å². The number of pyridine rings is 1. The number of carbonyl (C=O) groups excluding carboxylic acids is 1. The molecule has 0 radical (unpaired) electrons. The highest BCUT2D eigenvalue weighted by Crippen LogP contribution is 2.42. The van der Waals surface area contributed by atoms with Gasteiger partial charge in [-0.25, -0.2) is 0 Å². The van der Waals surface area contributed by atoms with Gasteiger partial charge in [-0.1, -0.05) is 0 Å². The molecule has 6 heteroatoms. The highest BCUT2D eigenvalue weighted by Gasteiger charge is 2.42. The minimum atomic E-state index is -0.0825. The van der Waals surface area contributed by atoms with E-state index in [2.05, 4.69) is 31.8 Å². The van der Waals surface area contributed by atoms with E-state index in [9.17, 15) is 4.79 Å². The van der Waals surface area contributed by atoms with Crippen molar-refractivity contribution in [2.24, 2.45) is 5.41 Å². The van der Waals surface area contributed by atoms with Crippen LogP contribution in [0.4, 0.5) is 5.69 Å². The number of hydrogen-bond donors (Lipinski definition) is 0. The van der Waals surface area contributed by atoms with Crippen LogP contribution in [0.3, 0.4) is 0 Å². The summed E-state index contributed by atoms with van der Waals surface area (Å²) in [6.45, 7) is 9.66. The summed E-state index contributed by atoms with van der Waals surface area (Å²) in [7, 11) is 0. The first-order chi connectivity index (χ1) is 13.7. The maximum absolute atomic E-state index is 11.7. The molecule has 0 unspecified atom stereocenters. The lowest BCUT2D eigenvalue weighted by Gasteiger charge is -2.45. The van der Waals surface area contributed by atoms with E-state index in [1.165, 1.54) is 64.0 Å². The van der Waals surface area contributed by atoms with Gasteiger partial charge in [0.25, 0.3) is 0 Å². The SMILES string of the molecule is CCOC(=O)CN1CCC(N2CCC3(CCN(c4ccncc4)C3)CC2)CC1. The Labute approximate surface area is 168 Å².